The zero-order valence-electron chi connectivity index (χ0n) is 16.2. The Morgan fingerprint density at radius 1 is 1.24 bits per heavy atom. The quantitative estimate of drug-likeness (QED) is 0.464. The fourth-order valence-electron chi connectivity index (χ4n) is 2.18. The van der Waals surface area contributed by atoms with Crippen molar-refractivity contribution < 1.29 is 14.6 Å². The van der Waals surface area contributed by atoms with Crippen LogP contribution in [0.4, 0.5) is 0 Å². The Morgan fingerprint density at radius 3 is 2.32 bits per heavy atom. The molecule has 0 saturated carbocycles. The van der Waals surface area contributed by atoms with Crippen molar-refractivity contribution in [1.29, 1.82) is 0 Å². The Kier molecular flexibility index (Phi) is 7.87. The van der Waals surface area contributed by atoms with Crippen molar-refractivity contribution in [3.05, 3.63) is 35.9 Å². The molecule has 1 aromatic rings. The minimum absolute atomic E-state index is 0.106. The van der Waals surface area contributed by atoms with Gasteiger partial charge >= 0.3 is 5.97 Å². The number of aliphatic hydroxyl groups is 1. The zero-order valence-corrected chi connectivity index (χ0v) is 17.2. The van der Waals surface area contributed by atoms with Crippen molar-refractivity contribution in [3.8, 4) is 11.5 Å². The highest BCUT2D eigenvalue weighted by Gasteiger charge is 2.27. The molecule has 0 aliphatic rings. The number of hydrogen-bond donors (Lipinski definition) is 2. The van der Waals surface area contributed by atoms with Crippen LogP contribution in [0.5, 0.6) is 0 Å². The van der Waals surface area contributed by atoms with E-state index >= 15 is 0 Å². The molecule has 0 amide bonds. The van der Waals surface area contributed by atoms with E-state index in [0.717, 1.165) is 5.56 Å². The molecule has 0 saturated heterocycles. The molecule has 5 heteroatoms. The van der Waals surface area contributed by atoms with E-state index in [1.54, 1.807) is 0 Å². The van der Waals surface area contributed by atoms with Crippen LogP contribution >= 0.6 is 0 Å². The Balaban J connectivity index is 2.95. The van der Waals surface area contributed by atoms with Crippen LogP contribution in [0.2, 0.25) is 19.6 Å². The summed E-state index contributed by atoms with van der Waals surface area (Å²) in [6.45, 7) is 11.9. The summed E-state index contributed by atoms with van der Waals surface area (Å²) in [5.74, 6) is 2.80. The summed E-state index contributed by atoms with van der Waals surface area (Å²) >= 11 is 0. The normalized spacial score (nSPS) is 14.2. The standard InChI is InChI=1S/C20H31NO3Si/c1-20(2,3)24-19(23)17(13-10-14-25(4,5)6)21-18(15-22)16-11-8-7-9-12-16/h7-9,11-12,17-18,21-22H,13,15H2,1-6H3. The molecule has 0 aromatic heterocycles. The van der Waals surface area contributed by atoms with E-state index in [0.29, 0.717) is 6.42 Å². The molecule has 1 aromatic carbocycles. The first-order chi connectivity index (χ1) is 11.5. The lowest BCUT2D eigenvalue weighted by atomic mass is 10.1. The second-order valence-electron chi connectivity index (χ2n) is 8.15. The molecule has 0 radical (unpaired) electrons. The summed E-state index contributed by atoms with van der Waals surface area (Å²) in [6.07, 6.45) is 0.364. The minimum atomic E-state index is -1.51. The van der Waals surface area contributed by atoms with Gasteiger partial charge in [-0.15, -0.1) is 11.5 Å². The van der Waals surface area contributed by atoms with Gasteiger partial charge < -0.3 is 9.84 Å². The Labute approximate surface area is 153 Å². The van der Waals surface area contributed by atoms with E-state index in [-0.39, 0.29) is 18.6 Å². The highest BCUT2D eigenvalue weighted by Crippen LogP contribution is 2.16. The molecule has 0 fully saturated rings. The fourth-order valence-corrected chi connectivity index (χ4v) is 2.82. The smallest absolute Gasteiger partial charge is 0.324 e. The molecule has 0 bridgehead atoms. The van der Waals surface area contributed by atoms with Gasteiger partial charge in [0.05, 0.1) is 12.6 Å². The molecule has 0 spiro atoms. The molecule has 2 atom stereocenters. The molecular formula is C20H31NO3Si. The van der Waals surface area contributed by atoms with E-state index in [1.165, 1.54) is 0 Å². The van der Waals surface area contributed by atoms with Gasteiger partial charge in [-0.05, 0) is 26.3 Å². The largest absolute Gasteiger partial charge is 0.459 e. The molecule has 25 heavy (non-hydrogen) atoms. The molecule has 138 valence electrons. The number of hydrogen-bond acceptors (Lipinski definition) is 4. The van der Waals surface area contributed by atoms with Gasteiger partial charge in [0.15, 0.2) is 0 Å². The van der Waals surface area contributed by atoms with Crippen molar-refractivity contribution in [3.63, 3.8) is 0 Å². The van der Waals surface area contributed by atoms with E-state index in [9.17, 15) is 9.90 Å². The molecular weight excluding hydrogens is 330 g/mol. The van der Waals surface area contributed by atoms with E-state index in [4.69, 9.17) is 4.74 Å². The highest BCUT2D eigenvalue weighted by molar-refractivity contribution is 6.83. The number of benzene rings is 1. The lowest BCUT2D eigenvalue weighted by Gasteiger charge is -2.26. The third-order valence-electron chi connectivity index (χ3n) is 3.25. The summed E-state index contributed by atoms with van der Waals surface area (Å²) in [6, 6.07) is 8.66. The Morgan fingerprint density at radius 2 is 1.84 bits per heavy atom. The maximum atomic E-state index is 12.6. The van der Waals surface area contributed by atoms with Crippen molar-refractivity contribution in [2.45, 2.75) is 64.5 Å². The zero-order chi connectivity index (χ0) is 19.1. The van der Waals surface area contributed by atoms with E-state index in [1.807, 2.05) is 51.1 Å². The van der Waals surface area contributed by atoms with E-state index in [2.05, 4.69) is 36.4 Å². The second-order valence-corrected chi connectivity index (χ2v) is 12.9. The van der Waals surface area contributed by atoms with Crippen LogP contribution in [-0.4, -0.2) is 37.4 Å². The van der Waals surface area contributed by atoms with Crippen molar-refractivity contribution >= 4 is 14.0 Å². The number of esters is 1. The predicted octanol–water partition coefficient (Wildman–Crippen LogP) is 3.29. The number of ether oxygens (including phenoxy) is 1. The third kappa shape index (κ3) is 8.87. The molecule has 4 nitrogen and oxygen atoms in total. The average Bonchev–Trinajstić information content (AvgIpc) is 2.48. The van der Waals surface area contributed by atoms with Gasteiger partial charge in [-0.3, -0.25) is 10.1 Å². The molecule has 0 aliphatic carbocycles. The maximum Gasteiger partial charge on any atom is 0.324 e. The van der Waals surface area contributed by atoms with Crippen LogP contribution in [0.1, 0.15) is 38.8 Å². The van der Waals surface area contributed by atoms with Crippen LogP contribution in [0.3, 0.4) is 0 Å². The first kappa shape index (κ1) is 21.4. The molecule has 2 N–H and O–H groups in total. The van der Waals surface area contributed by atoms with Crippen LogP contribution in [-0.2, 0) is 9.53 Å². The maximum absolute atomic E-state index is 12.6. The second kappa shape index (κ2) is 9.19. The molecule has 1 rings (SSSR count). The van der Waals surface area contributed by atoms with Crippen molar-refractivity contribution in [2.75, 3.05) is 6.61 Å². The van der Waals surface area contributed by atoms with Gasteiger partial charge in [0.1, 0.15) is 19.7 Å². The topological polar surface area (TPSA) is 58.6 Å². The predicted molar refractivity (Wildman–Crippen MR) is 105 cm³/mol. The van der Waals surface area contributed by atoms with E-state index < -0.39 is 19.7 Å². The van der Waals surface area contributed by atoms with Gasteiger partial charge in [0, 0.05) is 6.42 Å². The Bertz CT molecular complexity index is 606. The van der Waals surface area contributed by atoms with Crippen molar-refractivity contribution in [1.82, 2.24) is 5.32 Å². The van der Waals surface area contributed by atoms with Gasteiger partial charge in [0.25, 0.3) is 0 Å². The summed E-state index contributed by atoms with van der Waals surface area (Å²) < 4.78 is 5.52. The van der Waals surface area contributed by atoms with Crippen LogP contribution in [0, 0.1) is 11.5 Å². The molecule has 2 unspecified atom stereocenters. The number of carbonyl (C=O) groups excluding carboxylic acids is 1. The van der Waals surface area contributed by atoms with Crippen LogP contribution in [0.15, 0.2) is 30.3 Å². The molecule has 0 heterocycles. The number of carbonyl (C=O) groups is 1. The van der Waals surface area contributed by atoms with Crippen molar-refractivity contribution in [2.24, 2.45) is 0 Å². The first-order valence-corrected chi connectivity index (χ1v) is 12.2. The SMILES string of the molecule is CC(C)(C)OC(=O)C(CC#C[Si](C)(C)C)NC(CO)c1ccccc1. The fraction of sp³-hybridized carbons (Fsp3) is 0.550. The third-order valence-corrected chi connectivity index (χ3v) is 4.17. The van der Waals surface area contributed by atoms with Gasteiger partial charge in [0.2, 0.25) is 0 Å². The van der Waals surface area contributed by atoms with Gasteiger partial charge in [-0.25, -0.2) is 0 Å². The number of nitrogens with one attached hydrogen (secondary N) is 1. The lowest BCUT2D eigenvalue weighted by molar-refractivity contribution is -0.157. The summed E-state index contributed by atoms with van der Waals surface area (Å²) in [4.78, 5) is 12.6. The van der Waals surface area contributed by atoms with Gasteiger partial charge in [-0.2, -0.15) is 0 Å². The van der Waals surface area contributed by atoms with Crippen LogP contribution < -0.4 is 5.32 Å². The van der Waals surface area contributed by atoms with Crippen LogP contribution in [0.25, 0.3) is 0 Å². The lowest BCUT2D eigenvalue weighted by Crippen LogP contribution is -2.43. The first-order valence-electron chi connectivity index (χ1n) is 8.66. The average molecular weight is 362 g/mol. The summed E-state index contributed by atoms with van der Waals surface area (Å²) in [7, 11) is -1.51. The summed E-state index contributed by atoms with van der Waals surface area (Å²) in [5, 5.41) is 13.0. The Hall–Kier alpha value is -1.61. The van der Waals surface area contributed by atoms with Gasteiger partial charge in [-0.1, -0.05) is 50.0 Å². The monoisotopic (exact) mass is 361 g/mol. The number of rotatable bonds is 6. The molecule has 0 aliphatic heterocycles. The minimum Gasteiger partial charge on any atom is -0.459 e. The highest BCUT2D eigenvalue weighted by atomic mass is 28.3. The number of aliphatic hydroxyl groups excluding tert-OH is 1. The summed E-state index contributed by atoms with van der Waals surface area (Å²) in [5.41, 5.74) is 3.64.